The number of primary amides is 1. The molecule has 2 aromatic carbocycles. The smallest absolute Gasteiger partial charge is 0.268 e. The largest absolute Gasteiger partial charge is 0.489 e. The Hall–Kier alpha value is -2.16. The van der Waals surface area contributed by atoms with Gasteiger partial charge in [-0.25, -0.2) is 4.98 Å². The van der Waals surface area contributed by atoms with Gasteiger partial charge in [-0.2, -0.15) is 0 Å². The van der Waals surface area contributed by atoms with Crippen LogP contribution in [0.4, 0.5) is 0 Å². The van der Waals surface area contributed by atoms with E-state index >= 15 is 0 Å². The number of aliphatic hydroxyl groups is 1. The summed E-state index contributed by atoms with van der Waals surface area (Å²) in [6.07, 6.45) is 3.83. The van der Waals surface area contributed by atoms with E-state index in [0.717, 1.165) is 25.8 Å². The van der Waals surface area contributed by atoms with E-state index in [2.05, 4.69) is 36.8 Å². The van der Waals surface area contributed by atoms with E-state index in [-0.39, 0.29) is 11.7 Å². The quantitative estimate of drug-likeness (QED) is 0.417. The summed E-state index contributed by atoms with van der Waals surface area (Å²) in [6, 6.07) is 13.7. The number of carbonyl (C=O) groups excluding carboxylic acids is 1. The van der Waals surface area contributed by atoms with Gasteiger partial charge in [-0.05, 0) is 55.2 Å². The summed E-state index contributed by atoms with van der Waals surface area (Å²) >= 11 is 6.99. The van der Waals surface area contributed by atoms with Crippen LogP contribution < -0.4 is 10.5 Å². The molecule has 6 nitrogen and oxygen atoms in total. The molecule has 1 heterocycles. The Kier molecular flexibility index (Phi) is 7.69. The maximum absolute atomic E-state index is 11.3. The Balaban J connectivity index is 1.70. The summed E-state index contributed by atoms with van der Waals surface area (Å²) in [5.41, 5.74) is 7.57. The van der Waals surface area contributed by atoms with Crippen molar-refractivity contribution in [3.8, 4) is 5.75 Å². The molecule has 158 valence electrons. The molecular weight excluding hydrogens is 514 g/mol. The number of aromatic nitrogens is 2. The molecule has 0 bridgehead atoms. The molecule has 0 aliphatic heterocycles. The molecular formula is C22H23Br2N3O3. The molecule has 3 rings (SSSR count). The fourth-order valence-electron chi connectivity index (χ4n) is 3.29. The van der Waals surface area contributed by atoms with Crippen molar-refractivity contribution >= 4 is 37.8 Å². The van der Waals surface area contributed by atoms with Gasteiger partial charge in [-0.1, -0.05) is 50.1 Å². The van der Waals surface area contributed by atoms with Gasteiger partial charge in [-0.3, -0.25) is 4.79 Å². The third kappa shape index (κ3) is 5.93. The molecule has 30 heavy (non-hydrogen) atoms. The number of amides is 1. The molecule has 3 aromatic rings. The summed E-state index contributed by atoms with van der Waals surface area (Å²) in [5.74, 6) is 0.220. The van der Waals surface area contributed by atoms with E-state index in [1.807, 2.05) is 42.5 Å². The Bertz CT molecular complexity index is 1000. The number of carbonyl (C=O) groups is 1. The number of imidazole rings is 1. The van der Waals surface area contributed by atoms with E-state index in [4.69, 9.17) is 10.5 Å². The minimum atomic E-state index is -0.618. The fraction of sp³-hybridized carbons (Fsp3) is 0.273. The van der Waals surface area contributed by atoms with E-state index in [1.54, 1.807) is 17.7 Å². The first-order valence-corrected chi connectivity index (χ1v) is 11.1. The Morgan fingerprint density at radius 3 is 2.57 bits per heavy atom. The lowest BCUT2D eigenvalue weighted by atomic mass is 10.0. The first kappa shape index (κ1) is 22.5. The van der Waals surface area contributed by atoms with Crippen molar-refractivity contribution in [3.63, 3.8) is 0 Å². The number of nitrogens with zero attached hydrogens (tertiary/aromatic N) is 2. The van der Waals surface area contributed by atoms with Gasteiger partial charge in [0.15, 0.2) is 0 Å². The molecule has 0 saturated heterocycles. The summed E-state index contributed by atoms with van der Waals surface area (Å²) < 4.78 is 9.80. The van der Waals surface area contributed by atoms with Crippen molar-refractivity contribution in [2.75, 3.05) is 0 Å². The number of para-hydroxylation sites is 1. The SMILES string of the molecule is C[C@H](O)[C@@H](CCc1ccccc1OCc1cc(Br)cc(Br)c1)n1cnc(C(N)=O)c1. The number of hydrogen-bond donors (Lipinski definition) is 2. The lowest BCUT2D eigenvalue weighted by molar-refractivity contribution is 0.0994. The predicted molar refractivity (Wildman–Crippen MR) is 122 cm³/mol. The Morgan fingerprint density at radius 2 is 1.93 bits per heavy atom. The molecule has 0 unspecified atom stereocenters. The van der Waals surface area contributed by atoms with Crippen LogP contribution >= 0.6 is 31.9 Å². The molecule has 0 radical (unpaired) electrons. The van der Waals surface area contributed by atoms with Gasteiger partial charge in [-0.15, -0.1) is 0 Å². The molecule has 3 N–H and O–H groups in total. The van der Waals surface area contributed by atoms with Crippen molar-refractivity contribution in [2.45, 2.75) is 38.5 Å². The van der Waals surface area contributed by atoms with E-state index in [1.165, 1.54) is 6.33 Å². The average molecular weight is 537 g/mol. The van der Waals surface area contributed by atoms with Gasteiger partial charge in [0.25, 0.3) is 5.91 Å². The third-order valence-corrected chi connectivity index (χ3v) is 5.71. The van der Waals surface area contributed by atoms with Gasteiger partial charge in [0.05, 0.1) is 18.5 Å². The third-order valence-electron chi connectivity index (χ3n) is 4.79. The summed E-state index contributed by atoms with van der Waals surface area (Å²) in [4.78, 5) is 15.3. The lowest BCUT2D eigenvalue weighted by Gasteiger charge is -2.22. The highest BCUT2D eigenvalue weighted by atomic mass is 79.9. The van der Waals surface area contributed by atoms with Crippen LogP contribution in [0.2, 0.25) is 0 Å². The van der Waals surface area contributed by atoms with Crippen molar-refractivity contribution in [3.05, 3.63) is 80.8 Å². The second-order valence-electron chi connectivity index (χ2n) is 7.09. The van der Waals surface area contributed by atoms with Crippen molar-refractivity contribution in [1.29, 1.82) is 0 Å². The van der Waals surface area contributed by atoms with Gasteiger partial charge >= 0.3 is 0 Å². The molecule has 2 atom stereocenters. The van der Waals surface area contributed by atoms with Crippen molar-refractivity contribution < 1.29 is 14.6 Å². The van der Waals surface area contributed by atoms with Crippen LogP contribution in [-0.4, -0.2) is 26.7 Å². The summed E-state index contributed by atoms with van der Waals surface area (Å²) in [5, 5.41) is 10.3. The molecule has 1 amide bonds. The molecule has 0 aliphatic carbocycles. The van der Waals surface area contributed by atoms with E-state index in [0.29, 0.717) is 19.4 Å². The summed E-state index contributed by atoms with van der Waals surface area (Å²) in [6.45, 7) is 2.17. The molecule has 0 aliphatic rings. The van der Waals surface area contributed by atoms with Crippen LogP contribution in [0.5, 0.6) is 5.75 Å². The fourth-order valence-corrected chi connectivity index (χ4v) is 4.68. The molecule has 8 heteroatoms. The molecule has 0 spiro atoms. The van der Waals surface area contributed by atoms with Crippen LogP contribution in [0.1, 0.15) is 41.0 Å². The number of rotatable bonds is 9. The summed E-state index contributed by atoms with van der Waals surface area (Å²) in [7, 11) is 0. The second kappa shape index (κ2) is 10.2. The first-order chi connectivity index (χ1) is 14.3. The zero-order valence-corrected chi connectivity index (χ0v) is 19.6. The van der Waals surface area contributed by atoms with Crippen LogP contribution in [0.3, 0.4) is 0 Å². The highest BCUT2D eigenvalue weighted by Gasteiger charge is 2.19. The first-order valence-electron chi connectivity index (χ1n) is 9.50. The van der Waals surface area contributed by atoms with Crippen LogP contribution in [0.25, 0.3) is 0 Å². The van der Waals surface area contributed by atoms with Crippen LogP contribution in [0, 0.1) is 0 Å². The topological polar surface area (TPSA) is 90.4 Å². The second-order valence-corrected chi connectivity index (χ2v) is 8.92. The molecule has 1 aromatic heterocycles. The highest BCUT2D eigenvalue weighted by molar-refractivity contribution is 9.11. The van der Waals surface area contributed by atoms with Crippen LogP contribution in [0.15, 0.2) is 63.9 Å². The molecule has 0 fully saturated rings. The van der Waals surface area contributed by atoms with Crippen LogP contribution in [-0.2, 0) is 13.0 Å². The zero-order chi connectivity index (χ0) is 21.7. The number of halogens is 2. The number of benzene rings is 2. The maximum Gasteiger partial charge on any atom is 0.268 e. The van der Waals surface area contributed by atoms with Gasteiger partial charge < -0.3 is 20.1 Å². The number of aliphatic hydroxyl groups excluding tert-OH is 1. The van der Waals surface area contributed by atoms with E-state index in [9.17, 15) is 9.90 Å². The van der Waals surface area contributed by atoms with Crippen molar-refractivity contribution in [1.82, 2.24) is 9.55 Å². The standard InChI is InChI=1S/C22H23Br2N3O3/c1-14(28)20(27-11-19(22(25)29)26-13-27)7-6-16-4-2-3-5-21(16)30-12-15-8-17(23)10-18(24)9-15/h2-5,8-11,13-14,20,28H,6-7,12H2,1H3,(H2,25,29)/t14-,20+/m0/s1. The minimum Gasteiger partial charge on any atom is -0.489 e. The van der Waals surface area contributed by atoms with E-state index < -0.39 is 12.0 Å². The lowest BCUT2D eigenvalue weighted by Crippen LogP contribution is -2.21. The van der Waals surface area contributed by atoms with Gasteiger partial charge in [0, 0.05) is 15.1 Å². The number of aryl methyl sites for hydroxylation is 1. The minimum absolute atomic E-state index is 0.185. The molecule has 0 saturated carbocycles. The number of hydrogen-bond acceptors (Lipinski definition) is 4. The predicted octanol–water partition coefficient (Wildman–Crippen LogP) is 4.64. The van der Waals surface area contributed by atoms with Gasteiger partial charge in [0.2, 0.25) is 0 Å². The monoisotopic (exact) mass is 535 g/mol. The van der Waals surface area contributed by atoms with Gasteiger partial charge in [0.1, 0.15) is 18.1 Å². The average Bonchev–Trinajstić information content (AvgIpc) is 3.16. The number of ether oxygens (including phenoxy) is 1. The normalized spacial score (nSPS) is 13.1. The Morgan fingerprint density at radius 1 is 1.23 bits per heavy atom. The highest BCUT2D eigenvalue weighted by Crippen LogP contribution is 2.27. The number of nitrogens with two attached hydrogens (primary N) is 1. The Labute approximate surface area is 192 Å². The zero-order valence-electron chi connectivity index (χ0n) is 16.5. The van der Waals surface area contributed by atoms with Crippen molar-refractivity contribution in [2.24, 2.45) is 5.73 Å². The maximum atomic E-state index is 11.3.